The Kier molecular flexibility index (Phi) is 2.85. The van der Waals surface area contributed by atoms with Crippen molar-refractivity contribution in [3.05, 3.63) is 42.6 Å². The maximum absolute atomic E-state index is 11.4. The maximum Gasteiger partial charge on any atom is 0.175 e. The van der Waals surface area contributed by atoms with Crippen molar-refractivity contribution in [3.63, 3.8) is 0 Å². The highest BCUT2D eigenvalue weighted by atomic mass is 32.2. The lowest BCUT2D eigenvalue weighted by Crippen LogP contribution is -1.97. The molecule has 1 N–H and O–H groups in total. The largest absolute Gasteiger partial charge is 0.506 e. The van der Waals surface area contributed by atoms with Crippen molar-refractivity contribution in [1.29, 1.82) is 0 Å². The molecular formula is C12H11NO3S. The van der Waals surface area contributed by atoms with Gasteiger partial charge < -0.3 is 5.11 Å². The lowest BCUT2D eigenvalue weighted by Gasteiger charge is -2.05. The number of hydrogen-bond acceptors (Lipinski definition) is 4. The highest BCUT2D eigenvalue weighted by Crippen LogP contribution is 2.27. The number of pyridine rings is 1. The van der Waals surface area contributed by atoms with Crippen LogP contribution in [0.5, 0.6) is 5.75 Å². The van der Waals surface area contributed by atoms with Crippen LogP contribution in [0.3, 0.4) is 0 Å². The third-order valence-electron chi connectivity index (χ3n) is 2.32. The second kappa shape index (κ2) is 4.18. The van der Waals surface area contributed by atoms with E-state index < -0.39 is 9.84 Å². The molecule has 0 amide bonds. The van der Waals surface area contributed by atoms with Gasteiger partial charge in [-0.1, -0.05) is 12.1 Å². The first kappa shape index (κ1) is 11.6. The van der Waals surface area contributed by atoms with Gasteiger partial charge in [-0.3, -0.25) is 4.98 Å². The van der Waals surface area contributed by atoms with Crippen molar-refractivity contribution in [1.82, 2.24) is 4.98 Å². The molecule has 1 aromatic carbocycles. The second-order valence-corrected chi connectivity index (χ2v) is 5.69. The molecule has 0 aliphatic rings. The topological polar surface area (TPSA) is 67.3 Å². The number of benzene rings is 1. The molecule has 17 heavy (non-hydrogen) atoms. The van der Waals surface area contributed by atoms with Crippen LogP contribution in [0.2, 0.25) is 0 Å². The van der Waals surface area contributed by atoms with Gasteiger partial charge in [-0.05, 0) is 24.3 Å². The molecule has 0 unspecified atom stereocenters. The van der Waals surface area contributed by atoms with Crippen LogP contribution in [0.1, 0.15) is 0 Å². The molecule has 0 aliphatic heterocycles. The van der Waals surface area contributed by atoms with Crippen LogP contribution >= 0.6 is 0 Å². The monoisotopic (exact) mass is 249 g/mol. The molecular weight excluding hydrogens is 238 g/mol. The zero-order chi connectivity index (χ0) is 12.5. The lowest BCUT2D eigenvalue weighted by molar-refractivity contribution is 0.475. The fraction of sp³-hybridized carbons (Fsp3) is 0.0833. The third-order valence-corrected chi connectivity index (χ3v) is 3.43. The van der Waals surface area contributed by atoms with Crippen molar-refractivity contribution < 1.29 is 13.5 Å². The lowest BCUT2D eigenvalue weighted by atomic mass is 10.1. The number of aromatic nitrogens is 1. The molecule has 1 aromatic heterocycles. The van der Waals surface area contributed by atoms with E-state index in [0.717, 1.165) is 6.26 Å². The molecule has 0 saturated carbocycles. The van der Waals surface area contributed by atoms with Gasteiger partial charge >= 0.3 is 0 Å². The molecule has 4 nitrogen and oxygen atoms in total. The Morgan fingerprint density at radius 1 is 1.18 bits per heavy atom. The Labute approximate surface area is 99.5 Å². The average Bonchev–Trinajstić information content (AvgIpc) is 2.29. The molecule has 0 spiro atoms. The SMILES string of the molecule is CS(=O)(=O)c1cccc(-c2ncccc2O)c1. The first-order valence-electron chi connectivity index (χ1n) is 4.93. The van der Waals surface area contributed by atoms with Gasteiger partial charge in [0.05, 0.1) is 4.90 Å². The van der Waals surface area contributed by atoms with Crippen molar-refractivity contribution in [2.24, 2.45) is 0 Å². The Morgan fingerprint density at radius 2 is 1.94 bits per heavy atom. The molecule has 5 heteroatoms. The molecule has 2 aromatic rings. The summed E-state index contributed by atoms with van der Waals surface area (Å²) in [7, 11) is -3.26. The number of rotatable bonds is 2. The summed E-state index contributed by atoms with van der Waals surface area (Å²) in [6, 6.07) is 9.46. The number of nitrogens with zero attached hydrogens (tertiary/aromatic N) is 1. The summed E-state index contributed by atoms with van der Waals surface area (Å²) in [6.07, 6.45) is 2.69. The molecule has 88 valence electrons. The summed E-state index contributed by atoms with van der Waals surface area (Å²) >= 11 is 0. The van der Waals surface area contributed by atoms with E-state index in [2.05, 4.69) is 4.98 Å². The smallest absolute Gasteiger partial charge is 0.175 e. The quantitative estimate of drug-likeness (QED) is 0.882. The van der Waals surface area contributed by atoms with Gasteiger partial charge in [-0.15, -0.1) is 0 Å². The zero-order valence-corrected chi connectivity index (χ0v) is 9.98. The van der Waals surface area contributed by atoms with Crippen LogP contribution in [-0.4, -0.2) is 24.8 Å². The van der Waals surface area contributed by atoms with E-state index in [0.29, 0.717) is 11.3 Å². The highest BCUT2D eigenvalue weighted by Gasteiger charge is 2.10. The Morgan fingerprint density at radius 3 is 2.59 bits per heavy atom. The van der Waals surface area contributed by atoms with Crippen LogP contribution < -0.4 is 0 Å². The zero-order valence-electron chi connectivity index (χ0n) is 9.16. The number of sulfone groups is 1. The summed E-state index contributed by atoms with van der Waals surface area (Å²) < 4.78 is 22.8. The minimum absolute atomic E-state index is 0.0261. The van der Waals surface area contributed by atoms with Gasteiger partial charge in [0.2, 0.25) is 0 Å². The molecule has 2 rings (SSSR count). The number of hydrogen-bond donors (Lipinski definition) is 1. The molecule has 1 heterocycles. The Balaban J connectivity index is 2.59. The van der Waals surface area contributed by atoms with E-state index in [4.69, 9.17) is 0 Å². The summed E-state index contributed by atoms with van der Waals surface area (Å²) in [6.45, 7) is 0. The van der Waals surface area contributed by atoms with Crippen LogP contribution in [0.4, 0.5) is 0 Å². The fourth-order valence-corrected chi connectivity index (χ4v) is 2.16. The van der Waals surface area contributed by atoms with Crippen molar-refractivity contribution in [3.8, 4) is 17.0 Å². The van der Waals surface area contributed by atoms with E-state index in [-0.39, 0.29) is 10.6 Å². The Hall–Kier alpha value is -1.88. The van der Waals surface area contributed by atoms with E-state index in [1.807, 2.05) is 0 Å². The van der Waals surface area contributed by atoms with E-state index >= 15 is 0 Å². The van der Waals surface area contributed by atoms with Gasteiger partial charge in [0.1, 0.15) is 11.4 Å². The summed E-state index contributed by atoms with van der Waals surface area (Å²) in [5.74, 6) is 0.0261. The van der Waals surface area contributed by atoms with E-state index in [9.17, 15) is 13.5 Å². The normalized spacial score (nSPS) is 11.4. The maximum atomic E-state index is 11.4. The van der Waals surface area contributed by atoms with Crippen molar-refractivity contribution in [2.75, 3.05) is 6.26 Å². The van der Waals surface area contributed by atoms with E-state index in [1.165, 1.54) is 18.2 Å². The second-order valence-electron chi connectivity index (χ2n) is 3.67. The van der Waals surface area contributed by atoms with Gasteiger partial charge in [-0.2, -0.15) is 0 Å². The first-order valence-corrected chi connectivity index (χ1v) is 6.82. The highest BCUT2D eigenvalue weighted by molar-refractivity contribution is 7.90. The molecule has 0 aliphatic carbocycles. The minimum atomic E-state index is -3.26. The van der Waals surface area contributed by atoms with Crippen molar-refractivity contribution >= 4 is 9.84 Å². The molecule has 0 atom stereocenters. The van der Waals surface area contributed by atoms with Crippen LogP contribution in [0, 0.1) is 0 Å². The van der Waals surface area contributed by atoms with Gasteiger partial charge in [0.25, 0.3) is 0 Å². The minimum Gasteiger partial charge on any atom is -0.506 e. The molecule has 0 bridgehead atoms. The van der Waals surface area contributed by atoms with Crippen LogP contribution in [0.15, 0.2) is 47.5 Å². The van der Waals surface area contributed by atoms with Gasteiger partial charge in [0.15, 0.2) is 9.84 Å². The molecule has 0 fully saturated rings. The molecule has 0 saturated heterocycles. The first-order chi connectivity index (χ1) is 7.98. The van der Waals surface area contributed by atoms with E-state index in [1.54, 1.807) is 24.4 Å². The van der Waals surface area contributed by atoms with Crippen LogP contribution in [0.25, 0.3) is 11.3 Å². The average molecular weight is 249 g/mol. The fourth-order valence-electron chi connectivity index (χ4n) is 1.49. The summed E-state index contributed by atoms with van der Waals surface area (Å²) in [4.78, 5) is 4.24. The molecule has 0 radical (unpaired) electrons. The predicted molar refractivity (Wildman–Crippen MR) is 64.4 cm³/mol. The Bertz CT molecular complexity index is 650. The number of aromatic hydroxyl groups is 1. The van der Waals surface area contributed by atoms with Gasteiger partial charge in [-0.25, -0.2) is 8.42 Å². The standard InChI is InChI=1S/C12H11NO3S/c1-17(15,16)10-5-2-4-9(8-10)12-11(14)6-3-7-13-12/h2-8,14H,1H3. The van der Waals surface area contributed by atoms with Crippen LogP contribution in [-0.2, 0) is 9.84 Å². The summed E-state index contributed by atoms with van der Waals surface area (Å²) in [5.41, 5.74) is 0.948. The van der Waals surface area contributed by atoms with Gasteiger partial charge in [0, 0.05) is 18.0 Å². The summed E-state index contributed by atoms with van der Waals surface area (Å²) in [5, 5.41) is 9.65. The third kappa shape index (κ3) is 2.45. The van der Waals surface area contributed by atoms with Crippen molar-refractivity contribution in [2.45, 2.75) is 4.90 Å². The predicted octanol–water partition coefficient (Wildman–Crippen LogP) is 1.86.